The molecule has 2 N–H and O–H groups in total. The number of hydrogen-bond acceptors (Lipinski definition) is 6. The number of nitrogens with zero attached hydrogens (tertiary/aromatic N) is 3. The predicted molar refractivity (Wildman–Crippen MR) is 76.5 cm³/mol. The number of nitrogen functional groups attached to an aromatic ring is 1. The Bertz CT molecular complexity index is 667. The number of anilines is 2. The molecule has 0 bridgehead atoms. The zero-order chi connectivity index (χ0) is 13.4. The second kappa shape index (κ2) is 4.68. The standard InChI is InChI=1S/C13H14N4OS/c1-8-6-10(17-2-4-18-5-3-17)16-13-11(8)12(15)9(7-14)19-13/h6H,2-5,15H2,1H3. The first-order valence-corrected chi connectivity index (χ1v) is 6.95. The summed E-state index contributed by atoms with van der Waals surface area (Å²) in [5.74, 6) is 0.944. The summed E-state index contributed by atoms with van der Waals surface area (Å²) >= 11 is 1.36. The van der Waals surface area contributed by atoms with Gasteiger partial charge >= 0.3 is 0 Å². The first-order valence-electron chi connectivity index (χ1n) is 6.13. The van der Waals surface area contributed by atoms with E-state index in [0.717, 1.165) is 47.9 Å². The maximum absolute atomic E-state index is 9.05. The molecule has 6 heteroatoms. The van der Waals surface area contributed by atoms with Gasteiger partial charge in [-0.15, -0.1) is 11.3 Å². The fourth-order valence-electron chi connectivity index (χ4n) is 2.33. The van der Waals surface area contributed by atoms with Gasteiger partial charge in [0.1, 0.15) is 21.6 Å². The normalized spacial score (nSPS) is 15.7. The van der Waals surface area contributed by atoms with Crippen LogP contribution in [0, 0.1) is 18.3 Å². The summed E-state index contributed by atoms with van der Waals surface area (Å²) in [5.41, 5.74) is 7.62. The van der Waals surface area contributed by atoms with E-state index in [9.17, 15) is 0 Å². The van der Waals surface area contributed by atoms with E-state index in [1.54, 1.807) is 0 Å². The van der Waals surface area contributed by atoms with E-state index in [-0.39, 0.29) is 0 Å². The molecule has 2 aromatic rings. The van der Waals surface area contributed by atoms with Crippen LogP contribution in [-0.4, -0.2) is 31.3 Å². The number of nitriles is 1. The van der Waals surface area contributed by atoms with Crippen molar-refractivity contribution < 1.29 is 4.74 Å². The van der Waals surface area contributed by atoms with Crippen LogP contribution in [0.1, 0.15) is 10.4 Å². The maximum Gasteiger partial charge on any atom is 0.130 e. The van der Waals surface area contributed by atoms with Crippen LogP contribution in [0.3, 0.4) is 0 Å². The Labute approximate surface area is 115 Å². The summed E-state index contributed by atoms with van der Waals surface area (Å²) in [6.07, 6.45) is 0. The maximum atomic E-state index is 9.05. The van der Waals surface area contributed by atoms with Crippen molar-refractivity contribution in [2.45, 2.75) is 6.92 Å². The molecule has 0 radical (unpaired) electrons. The predicted octanol–water partition coefficient (Wildman–Crippen LogP) is 1.90. The smallest absolute Gasteiger partial charge is 0.130 e. The Balaban J connectivity index is 2.11. The first-order chi connectivity index (χ1) is 9.20. The van der Waals surface area contributed by atoms with Gasteiger partial charge < -0.3 is 15.4 Å². The molecule has 0 amide bonds. The molecular formula is C13H14N4OS. The van der Waals surface area contributed by atoms with E-state index in [4.69, 9.17) is 15.7 Å². The Kier molecular flexibility index (Phi) is 3.01. The number of thiophene rings is 1. The Morgan fingerprint density at radius 2 is 2.21 bits per heavy atom. The van der Waals surface area contributed by atoms with Gasteiger partial charge in [-0.3, -0.25) is 0 Å². The number of morpholine rings is 1. The molecule has 0 spiro atoms. The summed E-state index contributed by atoms with van der Waals surface area (Å²) in [6.45, 7) is 5.18. The van der Waals surface area contributed by atoms with Crippen LogP contribution in [-0.2, 0) is 4.74 Å². The second-order valence-electron chi connectivity index (χ2n) is 4.53. The molecule has 0 atom stereocenters. The number of ether oxygens (including phenoxy) is 1. The van der Waals surface area contributed by atoms with Crippen molar-refractivity contribution in [2.24, 2.45) is 0 Å². The van der Waals surface area contributed by atoms with Crippen LogP contribution in [0.4, 0.5) is 11.5 Å². The van der Waals surface area contributed by atoms with Crippen LogP contribution < -0.4 is 10.6 Å². The Hall–Kier alpha value is -1.84. The molecule has 0 saturated carbocycles. The highest BCUT2D eigenvalue weighted by Crippen LogP contribution is 2.35. The van der Waals surface area contributed by atoms with Gasteiger partial charge in [0.15, 0.2) is 0 Å². The van der Waals surface area contributed by atoms with Crippen molar-refractivity contribution in [2.75, 3.05) is 36.9 Å². The van der Waals surface area contributed by atoms with Crippen molar-refractivity contribution in [1.29, 1.82) is 5.26 Å². The lowest BCUT2D eigenvalue weighted by molar-refractivity contribution is 0.122. The topological polar surface area (TPSA) is 75.2 Å². The van der Waals surface area contributed by atoms with Gasteiger partial charge in [0.05, 0.1) is 18.9 Å². The lowest BCUT2D eigenvalue weighted by Crippen LogP contribution is -2.36. The van der Waals surface area contributed by atoms with Crippen LogP contribution in [0.2, 0.25) is 0 Å². The molecule has 1 aliphatic heterocycles. The highest BCUT2D eigenvalue weighted by Gasteiger charge is 2.17. The van der Waals surface area contributed by atoms with Crippen LogP contribution >= 0.6 is 11.3 Å². The first kappa shape index (κ1) is 12.2. The van der Waals surface area contributed by atoms with E-state index in [0.29, 0.717) is 10.6 Å². The minimum absolute atomic E-state index is 0.546. The number of hydrogen-bond donors (Lipinski definition) is 1. The third-order valence-electron chi connectivity index (χ3n) is 3.32. The number of aromatic nitrogens is 1. The van der Waals surface area contributed by atoms with Gasteiger partial charge in [-0.2, -0.15) is 5.26 Å². The minimum atomic E-state index is 0.546. The fourth-order valence-corrected chi connectivity index (χ4v) is 3.29. The van der Waals surface area contributed by atoms with Crippen molar-refractivity contribution in [1.82, 2.24) is 4.98 Å². The summed E-state index contributed by atoms with van der Waals surface area (Å²) < 4.78 is 5.35. The monoisotopic (exact) mass is 274 g/mol. The summed E-state index contributed by atoms with van der Waals surface area (Å²) in [4.78, 5) is 8.24. The fraction of sp³-hybridized carbons (Fsp3) is 0.385. The molecule has 98 valence electrons. The van der Waals surface area contributed by atoms with Gasteiger partial charge in [0.2, 0.25) is 0 Å². The highest BCUT2D eigenvalue weighted by molar-refractivity contribution is 7.19. The minimum Gasteiger partial charge on any atom is -0.396 e. The molecule has 2 aromatic heterocycles. The second-order valence-corrected chi connectivity index (χ2v) is 5.53. The van der Waals surface area contributed by atoms with Crippen molar-refractivity contribution in [3.63, 3.8) is 0 Å². The van der Waals surface area contributed by atoms with E-state index in [1.165, 1.54) is 11.3 Å². The van der Waals surface area contributed by atoms with Crippen LogP contribution in [0.15, 0.2) is 6.07 Å². The molecule has 3 heterocycles. The average Bonchev–Trinajstić information content (AvgIpc) is 2.76. The number of nitrogens with two attached hydrogens (primary N) is 1. The third kappa shape index (κ3) is 2.01. The summed E-state index contributed by atoms with van der Waals surface area (Å²) in [6, 6.07) is 4.17. The molecule has 0 unspecified atom stereocenters. The van der Waals surface area contributed by atoms with Crippen LogP contribution in [0.25, 0.3) is 10.2 Å². The van der Waals surface area contributed by atoms with E-state index in [1.807, 2.05) is 13.0 Å². The molecule has 1 saturated heterocycles. The van der Waals surface area contributed by atoms with Crippen LogP contribution in [0.5, 0.6) is 0 Å². The van der Waals surface area contributed by atoms with Crippen molar-refractivity contribution in [3.05, 3.63) is 16.5 Å². The van der Waals surface area contributed by atoms with Crippen molar-refractivity contribution >= 4 is 33.1 Å². The summed E-state index contributed by atoms with van der Waals surface area (Å²) in [7, 11) is 0. The lowest BCUT2D eigenvalue weighted by atomic mass is 10.1. The molecule has 3 rings (SSSR count). The van der Waals surface area contributed by atoms with Gasteiger partial charge in [0.25, 0.3) is 0 Å². The van der Waals surface area contributed by atoms with E-state index < -0.39 is 0 Å². The van der Waals surface area contributed by atoms with E-state index in [2.05, 4.69) is 16.0 Å². The SMILES string of the molecule is Cc1cc(N2CCOCC2)nc2sc(C#N)c(N)c12. The van der Waals surface area contributed by atoms with Gasteiger partial charge in [0, 0.05) is 18.5 Å². The molecular weight excluding hydrogens is 260 g/mol. The highest BCUT2D eigenvalue weighted by atomic mass is 32.1. The molecule has 1 aliphatic rings. The Morgan fingerprint density at radius 1 is 1.47 bits per heavy atom. The van der Waals surface area contributed by atoms with Gasteiger partial charge in [-0.05, 0) is 18.6 Å². The number of pyridine rings is 1. The number of aryl methyl sites for hydroxylation is 1. The lowest BCUT2D eigenvalue weighted by Gasteiger charge is -2.28. The van der Waals surface area contributed by atoms with Crippen molar-refractivity contribution in [3.8, 4) is 6.07 Å². The third-order valence-corrected chi connectivity index (χ3v) is 4.32. The summed E-state index contributed by atoms with van der Waals surface area (Å²) in [5, 5.41) is 9.97. The quantitative estimate of drug-likeness (QED) is 0.859. The molecule has 1 fully saturated rings. The molecule has 0 aliphatic carbocycles. The average molecular weight is 274 g/mol. The zero-order valence-corrected chi connectivity index (χ0v) is 11.5. The van der Waals surface area contributed by atoms with E-state index >= 15 is 0 Å². The Morgan fingerprint density at radius 3 is 2.89 bits per heavy atom. The van der Waals surface area contributed by atoms with Gasteiger partial charge in [-0.1, -0.05) is 0 Å². The van der Waals surface area contributed by atoms with Gasteiger partial charge in [-0.25, -0.2) is 4.98 Å². The zero-order valence-electron chi connectivity index (χ0n) is 10.6. The molecule has 19 heavy (non-hydrogen) atoms. The molecule has 0 aromatic carbocycles. The molecule has 5 nitrogen and oxygen atoms in total. The number of fused-ring (bicyclic) bond motifs is 1. The number of rotatable bonds is 1. The largest absolute Gasteiger partial charge is 0.396 e.